The average molecular weight is 359 g/mol. The summed E-state index contributed by atoms with van der Waals surface area (Å²) in [5, 5.41) is 3.43. The number of hydrogen-bond acceptors (Lipinski definition) is 4. The number of hydrogen-bond donors (Lipinski definition) is 1. The largest absolute Gasteiger partial charge is 0.352 e. The van der Waals surface area contributed by atoms with Crippen molar-refractivity contribution in [2.75, 3.05) is 13.1 Å². The maximum absolute atomic E-state index is 12.4. The van der Waals surface area contributed by atoms with Crippen molar-refractivity contribution in [2.24, 2.45) is 5.92 Å². The first-order chi connectivity index (χ1) is 12.1. The van der Waals surface area contributed by atoms with Crippen LogP contribution in [0.2, 0.25) is 5.02 Å². The van der Waals surface area contributed by atoms with Crippen LogP contribution in [0.15, 0.2) is 42.9 Å². The molecule has 2 aromatic heterocycles. The standard InChI is InChI=1S/C18H19ClN4O2/c19-15-3-7-21-16(10-15)18(25)23-8-4-14(5-9-23)17(24)22-12-13-2-1-6-20-11-13/h1-3,6-7,10-11,14H,4-5,8-9,12H2,(H,22,24). The molecule has 3 rings (SSSR count). The number of amides is 2. The van der Waals surface area contributed by atoms with Gasteiger partial charge in [-0.05, 0) is 36.6 Å². The number of piperidine rings is 1. The first kappa shape index (κ1) is 17.4. The van der Waals surface area contributed by atoms with Gasteiger partial charge in [-0.15, -0.1) is 0 Å². The minimum absolute atomic E-state index is 0.0248. The number of aromatic nitrogens is 2. The first-order valence-electron chi connectivity index (χ1n) is 8.21. The molecule has 1 N–H and O–H groups in total. The fourth-order valence-corrected chi connectivity index (χ4v) is 3.02. The Labute approximate surface area is 151 Å². The highest BCUT2D eigenvalue weighted by Gasteiger charge is 2.28. The smallest absolute Gasteiger partial charge is 0.272 e. The number of nitrogens with one attached hydrogen (secondary N) is 1. The average Bonchev–Trinajstić information content (AvgIpc) is 2.66. The van der Waals surface area contributed by atoms with Gasteiger partial charge in [0.15, 0.2) is 0 Å². The number of likely N-dealkylation sites (tertiary alicyclic amines) is 1. The summed E-state index contributed by atoms with van der Waals surface area (Å²) in [6, 6.07) is 6.97. The molecule has 1 aliphatic rings. The van der Waals surface area contributed by atoms with Crippen LogP contribution in [0, 0.1) is 5.92 Å². The minimum atomic E-state index is -0.142. The first-order valence-corrected chi connectivity index (χ1v) is 8.59. The molecule has 3 heterocycles. The van der Waals surface area contributed by atoms with Gasteiger partial charge in [0.25, 0.3) is 5.91 Å². The summed E-state index contributed by atoms with van der Waals surface area (Å²) in [6.45, 7) is 1.55. The van der Waals surface area contributed by atoms with Gasteiger partial charge in [-0.25, -0.2) is 0 Å². The third kappa shape index (κ3) is 4.54. The van der Waals surface area contributed by atoms with Crippen LogP contribution in [-0.4, -0.2) is 39.8 Å². The SMILES string of the molecule is O=C(NCc1cccnc1)C1CCN(C(=O)c2cc(Cl)ccn2)CC1. The van der Waals surface area contributed by atoms with Gasteiger partial charge in [0, 0.05) is 49.2 Å². The molecule has 0 radical (unpaired) electrons. The quantitative estimate of drug-likeness (QED) is 0.910. The van der Waals surface area contributed by atoms with E-state index in [0.29, 0.717) is 43.2 Å². The zero-order valence-electron chi connectivity index (χ0n) is 13.7. The van der Waals surface area contributed by atoms with E-state index in [2.05, 4.69) is 15.3 Å². The van der Waals surface area contributed by atoms with Crippen LogP contribution in [0.1, 0.15) is 28.9 Å². The van der Waals surface area contributed by atoms with Crippen LogP contribution in [0.25, 0.3) is 0 Å². The van der Waals surface area contributed by atoms with Crippen LogP contribution in [0.5, 0.6) is 0 Å². The third-order valence-electron chi connectivity index (χ3n) is 4.28. The van der Waals surface area contributed by atoms with Crippen LogP contribution in [-0.2, 0) is 11.3 Å². The molecule has 0 aliphatic carbocycles. The van der Waals surface area contributed by atoms with Crippen molar-refractivity contribution in [3.63, 3.8) is 0 Å². The Balaban J connectivity index is 1.49. The molecule has 2 aromatic rings. The summed E-state index contributed by atoms with van der Waals surface area (Å²) < 4.78 is 0. The van der Waals surface area contributed by atoms with Gasteiger partial charge < -0.3 is 10.2 Å². The molecule has 0 unspecified atom stereocenters. The summed E-state index contributed by atoms with van der Waals surface area (Å²) in [5.41, 5.74) is 1.31. The van der Waals surface area contributed by atoms with E-state index in [1.807, 2.05) is 12.1 Å². The number of carbonyl (C=O) groups is 2. The van der Waals surface area contributed by atoms with Crippen LogP contribution >= 0.6 is 11.6 Å². The highest BCUT2D eigenvalue weighted by molar-refractivity contribution is 6.30. The predicted octanol–water partition coefficient (Wildman–Crippen LogP) is 2.30. The van der Waals surface area contributed by atoms with Crippen molar-refractivity contribution in [3.05, 3.63) is 59.1 Å². The molecule has 1 fully saturated rings. The van der Waals surface area contributed by atoms with Gasteiger partial charge in [0.2, 0.25) is 5.91 Å². The fourth-order valence-electron chi connectivity index (χ4n) is 2.86. The Bertz CT molecular complexity index is 746. The lowest BCUT2D eigenvalue weighted by atomic mass is 9.95. The van der Waals surface area contributed by atoms with Gasteiger partial charge in [-0.3, -0.25) is 19.6 Å². The van der Waals surface area contributed by atoms with Crippen molar-refractivity contribution in [3.8, 4) is 0 Å². The Morgan fingerprint density at radius 2 is 2.04 bits per heavy atom. The lowest BCUT2D eigenvalue weighted by Gasteiger charge is -2.31. The van der Waals surface area contributed by atoms with Crippen LogP contribution in [0.4, 0.5) is 0 Å². The molecular formula is C18H19ClN4O2. The lowest BCUT2D eigenvalue weighted by molar-refractivity contribution is -0.126. The summed E-state index contributed by atoms with van der Waals surface area (Å²) in [5.74, 6) is -0.193. The highest BCUT2D eigenvalue weighted by atomic mass is 35.5. The highest BCUT2D eigenvalue weighted by Crippen LogP contribution is 2.20. The molecule has 0 bridgehead atoms. The Kier molecular flexibility index (Phi) is 5.60. The summed E-state index contributed by atoms with van der Waals surface area (Å²) >= 11 is 5.91. The van der Waals surface area contributed by atoms with Gasteiger partial charge in [0.1, 0.15) is 5.69 Å². The Morgan fingerprint density at radius 3 is 2.72 bits per heavy atom. The van der Waals surface area contributed by atoms with Gasteiger partial charge >= 0.3 is 0 Å². The monoisotopic (exact) mass is 358 g/mol. The molecule has 1 aliphatic heterocycles. The number of pyridine rings is 2. The molecule has 0 aromatic carbocycles. The molecule has 0 saturated carbocycles. The fraction of sp³-hybridized carbons (Fsp3) is 0.333. The van der Waals surface area contributed by atoms with Gasteiger partial charge in [-0.1, -0.05) is 17.7 Å². The van der Waals surface area contributed by atoms with E-state index in [1.165, 1.54) is 6.20 Å². The van der Waals surface area contributed by atoms with E-state index < -0.39 is 0 Å². The molecular weight excluding hydrogens is 340 g/mol. The second-order valence-corrected chi connectivity index (χ2v) is 6.44. The molecule has 7 heteroatoms. The zero-order chi connectivity index (χ0) is 17.6. The van der Waals surface area contributed by atoms with E-state index in [4.69, 9.17) is 11.6 Å². The van der Waals surface area contributed by atoms with Crippen molar-refractivity contribution in [2.45, 2.75) is 19.4 Å². The van der Waals surface area contributed by atoms with Crippen molar-refractivity contribution >= 4 is 23.4 Å². The Morgan fingerprint density at radius 1 is 1.24 bits per heavy atom. The second-order valence-electron chi connectivity index (χ2n) is 6.00. The van der Waals surface area contributed by atoms with E-state index in [0.717, 1.165) is 5.56 Å². The molecule has 0 atom stereocenters. The Hall–Kier alpha value is -2.47. The molecule has 0 spiro atoms. The summed E-state index contributed by atoms with van der Waals surface area (Å²) in [4.78, 5) is 34.6. The van der Waals surface area contributed by atoms with Crippen LogP contribution in [0.3, 0.4) is 0 Å². The maximum Gasteiger partial charge on any atom is 0.272 e. The normalized spacial score (nSPS) is 15.0. The van der Waals surface area contributed by atoms with E-state index >= 15 is 0 Å². The van der Waals surface area contributed by atoms with Gasteiger partial charge in [-0.2, -0.15) is 0 Å². The number of nitrogens with zero attached hydrogens (tertiary/aromatic N) is 3. The predicted molar refractivity (Wildman–Crippen MR) is 94.0 cm³/mol. The van der Waals surface area contributed by atoms with Crippen molar-refractivity contribution in [1.29, 1.82) is 0 Å². The molecule has 1 saturated heterocycles. The van der Waals surface area contributed by atoms with E-state index in [9.17, 15) is 9.59 Å². The second kappa shape index (κ2) is 8.07. The maximum atomic E-state index is 12.4. The van der Waals surface area contributed by atoms with Crippen LogP contribution < -0.4 is 5.32 Å². The summed E-state index contributed by atoms with van der Waals surface area (Å²) in [7, 11) is 0. The van der Waals surface area contributed by atoms with Gasteiger partial charge in [0.05, 0.1) is 0 Å². The third-order valence-corrected chi connectivity index (χ3v) is 4.52. The van der Waals surface area contributed by atoms with E-state index in [-0.39, 0.29) is 17.7 Å². The van der Waals surface area contributed by atoms with E-state index in [1.54, 1.807) is 29.4 Å². The molecule has 6 nitrogen and oxygen atoms in total. The summed E-state index contributed by atoms with van der Waals surface area (Å²) in [6.07, 6.45) is 6.25. The number of carbonyl (C=O) groups excluding carboxylic acids is 2. The number of rotatable bonds is 4. The molecule has 2 amide bonds. The number of halogens is 1. The van der Waals surface area contributed by atoms with Crippen molar-refractivity contribution in [1.82, 2.24) is 20.2 Å². The molecule has 130 valence electrons. The zero-order valence-corrected chi connectivity index (χ0v) is 14.4. The lowest BCUT2D eigenvalue weighted by Crippen LogP contribution is -2.43. The van der Waals surface area contributed by atoms with Crippen molar-refractivity contribution < 1.29 is 9.59 Å². The molecule has 25 heavy (non-hydrogen) atoms. The minimum Gasteiger partial charge on any atom is -0.352 e. The topological polar surface area (TPSA) is 75.2 Å².